The molecule has 7 nitrogen and oxygen atoms in total. The molecule has 0 unspecified atom stereocenters. The SMILES string of the molecule is Cc1cc(NC(=O)c2nnn(-c3cccc(Br)c3)c2C)c[nH]c1=O. The normalized spacial score (nSPS) is 10.6. The number of benzene rings is 1. The minimum absolute atomic E-state index is 0.190. The maximum Gasteiger partial charge on any atom is 0.278 e. The molecule has 3 aromatic rings. The molecule has 8 heteroatoms. The second-order valence-electron chi connectivity index (χ2n) is 5.27. The van der Waals surface area contributed by atoms with Crippen LogP contribution in [0.1, 0.15) is 21.7 Å². The van der Waals surface area contributed by atoms with E-state index < -0.39 is 0 Å². The molecule has 2 N–H and O–H groups in total. The van der Waals surface area contributed by atoms with Crippen molar-refractivity contribution in [3.05, 3.63) is 68.3 Å². The Hall–Kier alpha value is -2.74. The summed E-state index contributed by atoms with van der Waals surface area (Å²) < 4.78 is 2.50. The lowest BCUT2D eigenvalue weighted by atomic mass is 10.2. The third-order valence-corrected chi connectivity index (χ3v) is 4.00. The molecule has 0 bridgehead atoms. The number of hydrogen-bond donors (Lipinski definition) is 2. The monoisotopic (exact) mass is 387 g/mol. The van der Waals surface area contributed by atoms with Gasteiger partial charge in [0.25, 0.3) is 11.5 Å². The summed E-state index contributed by atoms with van der Waals surface area (Å²) >= 11 is 3.41. The summed E-state index contributed by atoms with van der Waals surface area (Å²) in [5.74, 6) is -0.389. The predicted octanol–water partition coefficient (Wildman–Crippen LogP) is 2.59. The van der Waals surface area contributed by atoms with Gasteiger partial charge in [0.2, 0.25) is 0 Å². The molecule has 122 valence electrons. The quantitative estimate of drug-likeness (QED) is 0.722. The second kappa shape index (κ2) is 6.40. The lowest BCUT2D eigenvalue weighted by molar-refractivity contribution is 0.102. The Morgan fingerprint density at radius 1 is 1.29 bits per heavy atom. The zero-order valence-electron chi connectivity index (χ0n) is 13.0. The molecule has 2 heterocycles. The van der Waals surface area contributed by atoms with E-state index in [2.05, 4.69) is 36.5 Å². The van der Waals surface area contributed by atoms with Crippen LogP contribution in [0.3, 0.4) is 0 Å². The summed E-state index contributed by atoms with van der Waals surface area (Å²) in [4.78, 5) is 26.3. The van der Waals surface area contributed by atoms with Crippen LogP contribution in [0.5, 0.6) is 0 Å². The van der Waals surface area contributed by atoms with Crippen molar-refractivity contribution in [2.45, 2.75) is 13.8 Å². The Morgan fingerprint density at radius 3 is 2.79 bits per heavy atom. The zero-order chi connectivity index (χ0) is 17.3. The highest BCUT2D eigenvalue weighted by atomic mass is 79.9. The molecule has 3 rings (SSSR count). The molecule has 0 aliphatic carbocycles. The first-order chi connectivity index (χ1) is 11.5. The van der Waals surface area contributed by atoms with Gasteiger partial charge in [-0.1, -0.05) is 27.2 Å². The van der Waals surface area contributed by atoms with E-state index in [0.717, 1.165) is 10.2 Å². The van der Waals surface area contributed by atoms with Gasteiger partial charge in [-0.15, -0.1) is 5.10 Å². The maximum absolute atomic E-state index is 12.4. The van der Waals surface area contributed by atoms with Gasteiger partial charge in [0.05, 0.1) is 17.1 Å². The van der Waals surface area contributed by atoms with E-state index in [1.807, 2.05) is 24.3 Å². The van der Waals surface area contributed by atoms with Crippen molar-refractivity contribution in [3.8, 4) is 5.69 Å². The summed E-state index contributed by atoms with van der Waals surface area (Å²) in [7, 11) is 0. The Balaban J connectivity index is 1.88. The van der Waals surface area contributed by atoms with Crippen molar-refractivity contribution < 1.29 is 4.79 Å². The number of nitrogens with zero attached hydrogens (tertiary/aromatic N) is 3. The molecule has 0 aliphatic rings. The van der Waals surface area contributed by atoms with Gasteiger partial charge in [-0.3, -0.25) is 9.59 Å². The fourth-order valence-electron chi connectivity index (χ4n) is 2.25. The molecule has 0 atom stereocenters. The number of nitrogens with one attached hydrogen (secondary N) is 2. The van der Waals surface area contributed by atoms with Gasteiger partial charge in [-0.05, 0) is 38.1 Å². The van der Waals surface area contributed by atoms with Crippen LogP contribution in [0.4, 0.5) is 5.69 Å². The average molecular weight is 388 g/mol. The van der Waals surface area contributed by atoms with E-state index in [9.17, 15) is 9.59 Å². The van der Waals surface area contributed by atoms with Gasteiger partial charge >= 0.3 is 0 Å². The first kappa shape index (κ1) is 16.1. The molecular weight excluding hydrogens is 374 g/mol. The van der Waals surface area contributed by atoms with E-state index in [4.69, 9.17) is 0 Å². The highest BCUT2D eigenvalue weighted by molar-refractivity contribution is 9.10. The van der Waals surface area contributed by atoms with Crippen molar-refractivity contribution in [2.75, 3.05) is 5.32 Å². The number of pyridine rings is 1. The van der Waals surface area contributed by atoms with E-state index in [1.54, 1.807) is 24.6 Å². The van der Waals surface area contributed by atoms with Gasteiger partial charge in [0.1, 0.15) is 0 Å². The van der Waals surface area contributed by atoms with Crippen LogP contribution in [0, 0.1) is 13.8 Å². The number of rotatable bonds is 3. The van der Waals surface area contributed by atoms with Crippen LogP contribution in [-0.4, -0.2) is 25.9 Å². The maximum atomic E-state index is 12.4. The molecular formula is C16H14BrN5O2. The molecule has 0 saturated carbocycles. The third kappa shape index (κ3) is 3.13. The van der Waals surface area contributed by atoms with Crippen LogP contribution >= 0.6 is 15.9 Å². The average Bonchev–Trinajstić information content (AvgIpc) is 2.93. The van der Waals surface area contributed by atoms with Gasteiger partial charge in [-0.25, -0.2) is 4.68 Å². The third-order valence-electron chi connectivity index (χ3n) is 3.51. The molecule has 0 spiro atoms. The van der Waals surface area contributed by atoms with Crippen LogP contribution in [-0.2, 0) is 0 Å². The van der Waals surface area contributed by atoms with E-state index in [1.165, 1.54) is 6.20 Å². The Bertz CT molecular complexity index is 977. The predicted molar refractivity (Wildman–Crippen MR) is 93.5 cm³/mol. The molecule has 0 saturated heterocycles. The number of hydrogen-bond acceptors (Lipinski definition) is 4. The van der Waals surface area contributed by atoms with E-state index in [-0.39, 0.29) is 17.2 Å². The molecule has 0 radical (unpaired) electrons. The summed E-state index contributed by atoms with van der Waals surface area (Å²) in [6.45, 7) is 3.44. The standard InChI is InChI=1S/C16H14BrN5O2/c1-9-6-12(8-18-15(9)23)19-16(24)14-10(2)22(21-20-14)13-5-3-4-11(17)7-13/h3-8H,1-2H3,(H,18,23)(H,19,24). The topological polar surface area (TPSA) is 92.7 Å². The highest BCUT2D eigenvalue weighted by Gasteiger charge is 2.17. The smallest absolute Gasteiger partial charge is 0.278 e. The van der Waals surface area contributed by atoms with Crippen molar-refractivity contribution in [1.29, 1.82) is 0 Å². The van der Waals surface area contributed by atoms with Crippen LogP contribution in [0.25, 0.3) is 5.69 Å². The Morgan fingerprint density at radius 2 is 2.08 bits per heavy atom. The van der Waals surface area contributed by atoms with Gasteiger partial charge < -0.3 is 10.3 Å². The number of aryl methyl sites for hydroxylation is 1. The number of aromatic amines is 1. The van der Waals surface area contributed by atoms with Crippen molar-refractivity contribution in [2.24, 2.45) is 0 Å². The molecule has 2 aromatic heterocycles. The summed E-state index contributed by atoms with van der Waals surface area (Å²) in [5, 5.41) is 10.7. The largest absolute Gasteiger partial charge is 0.327 e. The number of H-pyrrole nitrogens is 1. The van der Waals surface area contributed by atoms with Crippen molar-refractivity contribution >= 4 is 27.5 Å². The minimum Gasteiger partial charge on any atom is -0.327 e. The molecule has 1 amide bonds. The number of carbonyl (C=O) groups excluding carboxylic acids is 1. The Kier molecular flexibility index (Phi) is 4.30. The number of aromatic nitrogens is 4. The number of carbonyl (C=O) groups is 1. The van der Waals surface area contributed by atoms with Gasteiger partial charge in [0.15, 0.2) is 5.69 Å². The van der Waals surface area contributed by atoms with Crippen molar-refractivity contribution in [1.82, 2.24) is 20.0 Å². The van der Waals surface area contributed by atoms with Gasteiger partial charge in [0, 0.05) is 16.2 Å². The van der Waals surface area contributed by atoms with E-state index >= 15 is 0 Å². The van der Waals surface area contributed by atoms with Gasteiger partial charge in [-0.2, -0.15) is 0 Å². The molecule has 0 fully saturated rings. The Labute approximate surface area is 145 Å². The molecule has 1 aromatic carbocycles. The highest BCUT2D eigenvalue weighted by Crippen LogP contribution is 2.18. The lowest BCUT2D eigenvalue weighted by Gasteiger charge is -2.06. The lowest BCUT2D eigenvalue weighted by Crippen LogP contribution is -2.16. The fourth-order valence-corrected chi connectivity index (χ4v) is 2.64. The number of halogens is 1. The molecule has 0 aliphatic heterocycles. The first-order valence-corrected chi connectivity index (χ1v) is 7.94. The molecule has 24 heavy (non-hydrogen) atoms. The number of anilines is 1. The van der Waals surface area contributed by atoms with E-state index in [0.29, 0.717) is 16.9 Å². The summed E-state index contributed by atoms with van der Waals surface area (Å²) in [6, 6.07) is 9.14. The minimum atomic E-state index is -0.389. The van der Waals surface area contributed by atoms with Crippen LogP contribution < -0.4 is 10.9 Å². The van der Waals surface area contributed by atoms with Crippen LogP contribution in [0.15, 0.2) is 45.8 Å². The second-order valence-corrected chi connectivity index (χ2v) is 6.19. The number of amides is 1. The summed E-state index contributed by atoms with van der Waals surface area (Å²) in [5.41, 5.74) is 2.46. The van der Waals surface area contributed by atoms with Crippen LogP contribution in [0.2, 0.25) is 0 Å². The fraction of sp³-hybridized carbons (Fsp3) is 0.125. The van der Waals surface area contributed by atoms with Crippen molar-refractivity contribution in [3.63, 3.8) is 0 Å². The zero-order valence-corrected chi connectivity index (χ0v) is 14.6. The summed E-state index contributed by atoms with van der Waals surface area (Å²) in [6.07, 6.45) is 1.45. The first-order valence-electron chi connectivity index (χ1n) is 7.14.